The molecule has 1 amide bonds. The molecule has 0 saturated carbocycles. The number of rotatable bonds is 5. The number of amides is 1. The van der Waals surface area contributed by atoms with Gasteiger partial charge in [0.1, 0.15) is 12.4 Å². The van der Waals surface area contributed by atoms with Crippen molar-refractivity contribution in [3.05, 3.63) is 65.2 Å². The molecule has 0 atom stereocenters. The van der Waals surface area contributed by atoms with Crippen LogP contribution in [-0.4, -0.2) is 5.91 Å². The van der Waals surface area contributed by atoms with Crippen molar-refractivity contribution in [1.29, 1.82) is 0 Å². The van der Waals surface area contributed by atoms with E-state index in [9.17, 15) is 4.79 Å². The van der Waals surface area contributed by atoms with Crippen molar-refractivity contribution in [1.82, 2.24) is 0 Å². The van der Waals surface area contributed by atoms with Gasteiger partial charge in [0.05, 0.1) is 0 Å². The number of hydrogen-bond acceptors (Lipinski definition) is 3. The first-order valence-electron chi connectivity index (χ1n) is 5.99. The Morgan fingerprint density at radius 2 is 1.53 bits per heavy atom. The highest BCUT2D eigenvalue weighted by atomic mass is 16.5. The molecule has 0 spiro atoms. The average Bonchev–Trinajstić information content (AvgIpc) is 2.46. The molecule has 2 aromatic rings. The second-order valence-electron chi connectivity index (χ2n) is 4.20. The number of carbonyl (C=O) groups excluding carboxylic acids is 1. The van der Waals surface area contributed by atoms with Gasteiger partial charge in [-0.3, -0.25) is 4.79 Å². The molecule has 4 N–H and O–H groups in total. The van der Waals surface area contributed by atoms with Gasteiger partial charge in [0.25, 0.3) is 0 Å². The molecular weight excluding hydrogens is 240 g/mol. The van der Waals surface area contributed by atoms with Crippen molar-refractivity contribution < 1.29 is 9.53 Å². The molecule has 19 heavy (non-hydrogen) atoms. The Morgan fingerprint density at radius 1 is 0.947 bits per heavy atom. The summed E-state index contributed by atoms with van der Waals surface area (Å²) in [7, 11) is 0. The SMILES string of the molecule is NCc1ccc(COc2ccc(C(N)=O)cc2)cc1. The summed E-state index contributed by atoms with van der Waals surface area (Å²) in [6.07, 6.45) is 0. The van der Waals surface area contributed by atoms with E-state index in [1.165, 1.54) is 0 Å². The van der Waals surface area contributed by atoms with Crippen LogP contribution in [0.4, 0.5) is 0 Å². The van der Waals surface area contributed by atoms with Crippen molar-refractivity contribution >= 4 is 5.91 Å². The molecule has 2 rings (SSSR count). The van der Waals surface area contributed by atoms with E-state index >= 15 is 0 Å². The quantitative estimate of drug-likeness (QED) is 0.856. The lowest BCUT2D eigenvalue weighted by Crippen LogP contribution is -2.10. The Kier molecular flexibility index (Phi) is 4.15. The van der Waals surface area contributed by atoms with Gasteiger partial charge in [-0.25, -0.2) is 0 Å². The van der Waals surface area contributed by atoms with E-state index in [-0.39, 0.29) is 0 Å². The summed E-state index contributed by atoms with van der Waals surface area (Å²) in [6, 6.07) is 14.7. The Balaban J connectivity index is 1.95. The topological polar surface area (TPSA) is 78.3 Å². The van der Waals surface area contributed by atoms with E-state index in [0.717, 1.165) is 11.1 Å². The summed E-state index contributed by atoms with van der Waals surface area (Å²) in [4.78, 5) is 10.9. The van der Waals surface area contributed by atoms with E-state index in [1.54, 1.807) is 24.3 Å². The lowest BCUT2D eigenvalue weighted by molar-refractivity contribution is 0.100. The van der Waals surface area contributed by atoms with Crippen LogP contribution in [0.25, 0.3) is 0 Å². The summed E-state index contributed by atoms with van der Waals surface area (Å²) >= 11 is 0. The van der Waals surface area contributed by atoms with Crippen molar-refractivity contribution in [2.45, 2.75) is 13.2 Å². The predicted molar refractivity (Wildman–Crippen MR) is 73.6 cm³/mol. The van der Waals surface area contributed by atoms with Crippen LogP contribution >= 0.6 is 0 Å². The molecule has 0 radical (unpaired) electrons. The second-order valence-corrected chi connectivity index (χ2v) is 4.20. The van der Waals surface area contributed by atoms with Crippen molar-refractivity contribution in [3.63, 3.8) is 0 Å². The molecule has 0 unspecified atom stereocenters. The molecule has 0 fully saturated rings. The van der Waals surface area contributed by atoms with Crippen molar-refractivity contribution in [3.8, 4) is 5.75 Å². The van der Waals surface area contributed by atoms with Crippen LogP contribution in [0.3, 0.4) is 0 Å². The van der Waals surface area contributed by atoms with E-state index in [0.29, 0.717) is 24.5 Å². The molecule has 4 nitrogen and oxygen atoms in total. The zero-order valence-electron chi connectivity index (χ0n) is 10.5. The number of carbonyl (C=O) groups is 1. The van der Waals surface area contributed by atoms with Crippen LogP contribution < -0.4 is 16.2 Å². The molecule has 0 aromatic heterocycles. The van der Waals surface area contributed by atoms with E-state index < -0.39 is 5.91 Å². The molecule has 4 heteroatoms. The fourth-order valence-corrected chi connectivity index (χ4v) is 1.65. The Hall–Kier alpha value is -2.33. The highest BCUT2D eigenvalue weighted by Crippen LogP contribution is 2.14. The number of benzene rings is 2. The molecule has 0 bridgehead atoms. The predicted octanol–water partition coefficient (Wildman–Crippen LogP) is 1.82. The van der Waals surface area contributed by atoms with E-state index in [2.05, 4.69) is 0 Å². The maximum absolute atomic E-state index is 10.9. The maximum Gasteiger partial charge on any atom is 0.248 e. The number of primary amides is 1. The normalized spacial score (nSPS) is 10.2. The van der Waals surface area contributed by atoms with Crippen LogP contribution in [0.2, 0.25) is 0 Å². The average molecular weight is 256 g/mol. The van der Waals surface area contributed by atoms with Crippen molar-refractivity contribution in [2.24, 2.45) is 11.5 Å². The first-order valence-corrected chi connectivity index (χ1v) is 5.99. The van der Waals surface area contributed by atoms with Crippen LogP contribution in [0.5, 0.6) is 5.75 Å². The summed E-state index contributed by atoms with van der Waals surface area (Å²) < 4.78 is 5.62. The minimum atomic E-state index is -0.441. The third-order valence-corrected chi connectivity index (χ3v) is 2.80. The van der Waals surface area contributed by atoms with Crippen LogP contribution in [-0.2, 0) is 13.2 Å². The molecule has 0 saturated heterocycles. The van der Waals surface area contributed by atoms with Gasteiger partial charge in [0.2, 0.25) is 5.91 Å². The van der Waals surface area contributed by atoms with Crippen LogP contribution in [0.15, 0.2) is 48.5 Å². The smallest absolute Gasteiger partial charge is 0.248 e. The van der Waals surface area contributed by atoms with Gasteiger partial charge in [-0.2, -0.15) is 0 Å². The van der Waals surface area contributed by atoms with Gasteiger partial charge in [-0.15, -0.1) is 0 Å². The number of hydrogen-bond donors (Lipinski definition) is 2. The van der Waals surface area contributed by atoms with Crippen LogP contribution in [0, 0.1) is 0 Å². The minimum Gasteiger partial charge on any atom is -0.489 e. The minimum absolute atomic E-state index is 0.441. The monoisotopic (exact) mass is 256 g/mol. The molecular formula is C15H16N2O2. The molecule has 0 aliphatic rings. The third kappa shape index (κ3) is 3.56. The van der Waals surface area contributed by atoms with Gasteiger partial charge in [0.15, 0.2) is 0 Å². The van der Waals surface area contributed by atoms with Crippen LogP contribution in [0.1, 0.15) is 21.5 Å². The lowest BCUT2D eigenvalue weighted by atomic mass is 10.1. The van der Waals surface area contributed by atoms with E-state index in [4.69, 9.17) is 16.2 Å². The Morgan fingerprint density at radius 3 is 2.05 bits per heavy atom. The van der Waals surface area contributed by atoms with E-state index in [1.807, 2.05) is 24.3 Å². The van der Waals surface area contributed by atoms with Gasteiger partial charge in [-0.1, -0.05) is 24.3 Å². The standard InChI is InChI=1S/C15H16N2O2/c16-9-11-1-3-12(4-2-11)10-19-14-7-5-13(6-8-14)15(17)18/h1-8H,9-10,16H2,(H2,17,18). The zero-order chi connectivity index (χ0) is 13.7. The summed E-state index contributed by atoms with van der Waals surface area (Å²) in [5.74, 6) is 0.261. The largest absolute Gasteiger partial charge is 0.489 e. The lowest BCUT2D eigenvalue weighted by Gasteiger charge is -2.07. The zero-order valence-corrected chi connectivity index (χ0v) is 10.5. The van der Waals surface area contributed by atoms with Gasteiger partial charge >= 0.3 is 0 Å². The summed E-state index contributed by atoms with van der Waals surface area (Å²) in [5, 5.41) is 0. The first-order chi connectivity index (χ1) is 9.19. The maximum atomic E-state index is 10.9. The van der Waals surface area contributed by atoms with Crippen molar-refractivity contribution in [2.75, 3.05) is 0 Å². The summed E-state index contributed by atoms with van der Waals surface area (Å²) in [6.45, 7) is 1.01. The molecule has 0 aliphatic carbocycles. The molecule has 0 heterocycles. The Bertz CT molecular complexity index is 547. The molecule has 0 aliphatic heterocycles. The van der Waals surface area contributed by atoms with Gasteiger partial charge < -0.3 is 16.2 Å². The van der Waals surface area contributed by atoms with Gasteiger partial charge in [0, 0.05) is 12.1 Å². The number of nitrogens with two attached hydrogens (primary N) is 2. The fraction of sp³-hybridized carbons (Fsp3) is 0.133. The highest BCUT2D eigenvalue weighted by molar-refractivity contribution is 5.92. The Labute approximate surface area is 112 Å². The molecule has 2 aromatic carbocycles. The molecule has 98 valence electrons. The van der Waals surface area contributed by atoms with Gasteiger partial charge in [-0.05, 0) is 35.4 Å². The highest BCUT2D eigenvalue weighted by Gasteiger charge is 2.01. The first kappa shape index (κ1) is 13.1. The number of ether oxygens (including phenoxy) is 1. The third-order valence-electron chi connectivity index (χ3n) is 2.80. The fourth-order valence-electron chi connectivity index (χ4n) is 1.65. The summed E-state index contributed by atoms with van der Waals surface area (Å²) in [5.41, 5.74) is 13.3. The second kappa shape index (κ2) is 6.02.